The molecule has 0 fully saturated rings. The zero-order valence-corrected chi connectivity index (χ0v) is 5.91. The summed E-state index contributed by atoms with van der Waals surface area (Å²) in [6.07, 6.45) is 1.55. The summed E-state index contributed by atoms with van der Waals surface area (Å²) >= 11 is 0. The van der Waals surface area contributed by atoms with Gasteiger partial charge in [-0.15, -0.1) is 0 Å². The maximum Gasteiger partial charge on any atom is 0.124 e. The molecule has 0 aliphatic rings. The van der Waals surface area contributed by atoms with E-state index in [2.05, 4.69) is 4.98 Å². The van der Waals surface area contributed by atoms with Crippen LogP contribution in [-0.4, -0.2) is 15.9 Å². The van der Waals surface area contributed by atoms with Crippen LogP contribution < -0.4 is 5.73 Å². The van der Waals surface area contributed by atoms with Gasteiger partial charge in [-0.2, -0.15) is 0 Å². The number of rotatable bonds is 2. The Balaban J connectivity index is 3.12. The summed E-state index contributed by atoms with van der Waals surface area (Å²) in [4.78, 5) is 3.85. The number of nitrogens with two attached hydrogens (primary N) is 1. The van der Waals surface area contributed by atoms with Crippen LogP contribution in [0.3, 0.4) is 0 Å². The highest BCUT2D eigenvalue weighted by molar-refractivity contribution is 5.95. The molecule has 0 aliphatic carbocycles. The monoisotopic (exact) mass is 151 g/mol. The van der Waals surface area contributed by atoms with Gasteiger partial charge in [-0.1, -0.05) is 0 Å². The van der Waals surface area contributed by atoms with E-state index in [0.29, 0.717) is 11.3 Å². The molecule has 1 heterocycles. The smallest absolute Gasteiger partial charge is 0.124 e. The first-order valence-corrected chi connectivity index (χ1v) is 3.15. The molecule has 0 bridgehead atoms. The van der Waals surface area contributed by atoms with Crippen LogP contribution in [0.25, 0.3) is 0 Å². The van der Waals surface area contributed by atoms with Crippen LogP contribution in [0.15, 0.2) is 18.3 Å². The molecule has 58 valence electrons. The summed E-state index contributed by atoms with van der Waals surface area (Å²) in [6.45, 7) is -0.185. The van der Waals surface area contributed by atoms with Crippen LogP contribution in [0.2, 0.25) is 0 Å². The Morgan fingerprint density at radius 2 is 2.45 bits per heavy atom. The summed E-state index contributed by atoms with van der Waals surface area (Å²) < 4.78 is 0. The predicted octanol–water partition coefficient (Wildman–Crippen LogP) is -0.142. The molecule has 1 aromatic rings. The Morgan fingerprint density at radius 1 is 1.73 bits per heavy atom. The lowest BCUT2D eigenvalue weighted by Gasteiger charge is -2.01. The first-order valence-electron chi connectivity index (χ1n) is 3.15. The fourth-order valence-corrected chi connectivity index (χ4v) is 0.809. The quantitative estimate of drug-likeness (QED) is 0.406. The van der Waals surface area contributed by atoms with Gasteiger partial charge in [-0.3, -0.25) is 10.4 Å². The lowest BCUT2D eigenvalue weighted by molar-refractivity contribution is 0.276. The van der Waals surface area contributed by atoms with Gasteiger partial charge in [0.05, 0.1) is 12.3 Å². The molecule has 4 heteroatoms. The molecule has 0 saturated carbocycles. The molecule has 1 rings (SSSR count). The van der Waals surface area contributed by atoms with Crippen molar-refractivity contribution in [1.82, 2.24) is 4.98 Å². The number of hydrogen-bond donors (Lipinski definition) is 3. The van der Waals surface area contributed by atoms with Crippen molar-refractivity contribution in [1.29, 1.82) is 5.41 Å². The average Bonchev–Trinajstić information content (AvgIpc) is 2.04. The van der Waals surface area contributed by atoms with Gasteiger partial charge in [0.25, 0.3) is 0 Å². The topological polar surface area (TPSA) is 83.0 Å². The lowest BCUT2D eigenvalue weighted by Crippen LogP contribution is -2.14. The molecule has 0 spiro atoms. The van der Waals surface area contributed by atoms with Crippen LogP contribution in [-0.2, 0) is 6.61 Å². The van der Waals surface area contributed by atoms with E-state index in [-0.39, 0.29) is 12.4 Å². The molecule has 4 nitrogen and oxygen atoms in total. The van der Waals surface area contributed by atoms with E-state index in [1.54, 1.807) is 18.3 Å². The second-order valence-corrected chi connectivity index (χ2v) is 2.07. The Hall–Kier alpha value is -1.42. The van der Waals surface area contributed by atoms with Crippen LogP contribution in [0.5, 0.6) is 0 Å². The number of amidine groups is 1. The third-order valence-electron chi connectivity index (χ3n) is 1.33. The zero-order chi connectivity index (χ0) is 8.27. The van der Waals surface area contributed by atoms with E-state index in [1.165, 1.54) is 0 Å². The summed E-state index contributed by atoms with van der Waals surface area (Å²) in [7, 11) is 0. The third kappa shape index (κ3) is 1.53. The molecule has 0 unspecified atom stereocenters. The van der Waals surface area contributed by atoms with Crippen molar-refractivity contribution in [2.45, 2.75) is 6.61 Å². The first-order chi connectivity index (χ1) is 5.25. The number of hydrogen-bond acceptors (Lipinski definition) is 3. The molecule has 1 aromatic heterocycles. The highest BCUT2D eigenvalue weighted by Crippen LogP contribution is 2.02. The number of nitrogens with one attached hydrogen (secondary N) is 1. The molecule has 0 atom stereocenters. The Bertz CT molecular complexity index is 272. The lowest BCUT2D eigenvalue weighted by atomic mass is 10.2. The SMILES string of the molecule is N=C(N)c1cccnc1CO. The van der Waals surface area contributed by atoms with E-state index in [9.17, 15) is 0 Å². The Morgan fingerprint density at radius 3 is 2.91 bits per heavy atom. The highest BCUT2D eigenvalue weighted by atomic mass is 16.3. The first kappa shape index (κ1) is 7.68. The summed E-state index contributed by atoms with van der Waals surface area (Å²) in [5.74, 6) is -0.0675. The van der Waals surface area contributed by atoms with E-state index in [4.69, 9.17) is 16.2 Å². The van der Waals surface area contributed by atoms with Gasteiger partial charge in [0, 0.05) is 11.8 Å². The molecular weight excluding hydrogens is 142 g/mol. The second-order valence-electron chi connectivity index (χ2n) is 2.07. The van der Waals surface area contributed by atoms with E-state index in [1.807, 2.05) is 0 Å². The zero-order valence-electron chi connectivity index (χ0n) is 5.91. The van der Waals surface area contributed by atoms with Crippen LogP contribution in [0, 0.1) is 5.41 Å². The molecule has 4 N–H and O–H groups in total. The summed E-state index contributed by atoms with van der Waals surface area (Å²) in [6, 6.07) is 3.33. The van der Waals surface area contributed by atoms with E-state index in [0.717, 1.165) is 0 Å². The van der Waals surface area contributed by atoms with Crippen molar-refractivity contribution in [3.05, 3.63) is 29.6 Å². The van der Waals surface area contributed by atoms with Gasteiger partial charge >= 0.3 is 0 Å². The summed E-state index contributed by atoms with van der Waals surface area (Å²) in [5.41, 5.74) is 6.16. The number of pyridine rings is 1. The fourth-order valence-electron chi connectivity index (χ4n) is 0.809. The minimum atomic E-state index is -0.185. The van der Waals surface area contributed by atoms with E-state index >= 15 is 0 Å². The minimum absolute atomic E-state index is 0.0675. The van der Waals surface area contributed by atoms with Gasteiger partial charge < -0.3 is 10.8 Å². The van der Waals surface area contributed by atoms with E-state index < -0.39 is 0 Å². The molecule has 0 saturated heterocycles. The molecule has 0 aliphatic heterocycles. The van der Waals surface area contributed by atoms with Gasteiger partial charge in [-0.05, 0) is 12.1 Å². The van der Waals surface area contributed by atoms with Gasteiger partial charge in [-0.25, -0.2) is 0 Å². The largest absolute Gasteiger partial charge is 0.390 e. The Kier molecular flexibility index (Phi) is 2.18. The normalized spacial score (nSPS) is 9.55. The van der Waals surface area contributed by atoms with Crippen molar-refractivity contribution in [3.63, 3.8) is 0 Å². The predicted molar refractivity (Wildman–Crippen MR) is 41.2 cm³/mol. The average molecular weight is 151 g/mol. The van der Waals surface area contributed by atoms with Gasteiger partial charge in [0.2, 0.25) is 0 Å². The van der Waals surface area contributed by atoms with Gasteiger partial charge in [0.15, 0.2) is 0 Å². The molecule has 0 amide bonds. The van der Waals surface area contributed by atoms with Gasteiger partial charge in [0.1, 0.15) is 5.84 Å². The second kappa shape index (κ2) is 3.12. The molecular formula is C7H9N3O. The molecule has 0 radical (unpaired) electrons. The van der Waals surface area contributed by atoms with Crippen LogP contribution >= 0.6 is 0 Å². The third-order valence-corrected chi connectivity index (χ3v) is 1.33. The number of nitrogens with zero attached hydrogens (tertiary/aromatic N) is 1. The molecule has 0 aromatic carbocycles. The maximum absolute atomic E-state index is 8.75. The van der Waals surface area contributed by atoms with Crippen LogP contribution in [0.1, 0.15) is 11.3 Å². The van der Waals surface area contributed by atoms with Crippen LogP contribution in [0.4, 0.5) is 0 Å². The number of aliphatic hydroxyl groups excluding tert-OH is 1. The maximum atomic E-state index is 8.75. The standard InChI is InChI=1S/C7H9N3O/c8-7(9)5-2-1-3-10-6(5)4-11/h1-3,11H,4H2,(H3,8,9). The van der Waals surface area contributed by atoms with Crippen molar-refractivity contribution in [2.24, 2.45) is 5.73 Å². The number of nitrogen functional groups attached to an aromatic ring is 1. The number of aliphatic hydroxyl groups is 1. The number of aromatic nitrogens is 1. The van der Waals surface area contributed by atoms with Crippen molar-refractivity contribution in [3.8, 4) is 0 Å². The minimum Gasteiger partial charge on any atom is -0.390 e. The van der Waals surface area contributed by atoms with Crippen molar-refractivity contribution in [2.75, 3.05) is 0 Å². The highest BCUT2D eigenvalue weighted by Gasteiger charge is 2.02. The Labute approximate surface area is 64.2 Å². The molecule has 11 heavy (non-hydrogen) atoms. The fraction of sp³-hybridized carbons (Fsp3) is 0.143. The van der Waals surface area contributed by atoms with Crippen molar-refractivity contribution >= 4 is 5.84 Å². The summed E-state index contributed by atoms with van der Waals surface area (Å²) in [5, 5.41) is 15.9. The van der Waals surface area contributed by atoms with Crippen molar-refractivity contribution < 1.29 is 5.11 Å².